The number of piperidine rings is 1. The topological polar surface area (TPSA) is 75.2 Å². The van der Waals surface area contributed by atoms with Crippen LogP contribution in [-0.2, 0) is 16.4 Å². The Labute approximate surface area is 196 Å². The van der Waals surface area contributed by atoms with Gasteiger partial charge in [0.05, 0.1) is 5.02 Å². The molecule has 1 saturated heterocycles. The highest BCUT2D eigenvalue weighted by molar-refractivity contribution is 7.89. The number of hydrogen-bond donors (Lipinski definition) is 1. The van der Waals surface area contributed by atoms with Crippen LogP contribution in [0.5, 0.6) is 0 Å². The molecule has 0 amide bonds. The highest BCUT2D eigenvalue weighted by Crippen LogP contribution is 2.27. The molecule has 31 heavy (non-hydrogen) atoms. The summed E-state index contributed by atoms with van der Waals surface area (Å²) in [6, 6.07) is 14.6. The normalized spacial score (nSPS) is 15.4. The molecule has 2 heterocycles. The number of nitrogens with one attached hydrogen (secondary N) is 1. The van der Waals surface area contributed by atoms with Crippen LogP contribution in [0.1, 0.15) is 24.2 Å². The van der Waals surface area contributed by atoms with Gasteiger partial charge in [0.2, 0.25) is 15.2 Å². The minimum atomic E-state index is -3.71. The van der Waals surface area contributed by atoms with Crippen LogP contribution in [0.15, 0.2) is 53.4 Å². The fourth-order valence-electron chi connectivity index (χ4n) is 3.54. The molecule has 0 bridgehead atoms. The lowest BCUT2D eigenvalue weighted by Crippen LogP contribution is -2.38. The molecule has 6 nitrogen and oxygen atoms in total. The number of benzene rings is 2. The fraction of sp³-hybridized carbons (Fsp3) is 0.333. The Morgan fingerprint density at radius 1 is 1.10 bits per heavy atom. The van der Waals surface area contributed by atoms with Crippen molar-refractivity contribution in [3.8, 4) is 0 Å². The number of halogens is 2. The molecule has 3 aromatic rings. The van der Waals surface area contributed by atoms with E-state index >= 15 is 0 Å². The Hall–Kier alpha value is -1.71. The van der Waals surface area contributed by atoms with Crippen LogP contribution in [0.25, 0.3) is 0 Å². The van der Waals surface area contributed by atoms with E-state index in [2.05, 4.69) is 26.1 Å². The Morgan fingerprint density at radius 3 is 2.58 bits per heavy atom. The summed E-state index contributed by atoms with van der Waals surface area (Å²) >= 11 is 13.4. The van der Waals surface area contributed by atoms with E-state index in [0.717, 1.165) is 43.3 Å². The maximum Gasteiger partial charge on any atom is 0.242 e. The third kappa shape index (κ3) is 5.75. The van der Waals surface area contributed by atoms with Gasteiger partial charge in [-0.05, 0) is 42.5 Å². The van der Waals surface area contributed by atoms with Crippen molar-refractivity contribution in [3.05, 3.63) is 70.0 Å². The van der Waals surface area contributed by atoms with Gasteiger partial charge in [-0.15, -0.1) is 0 Å². The van der Waals surface area contributed by atoms with E-state index < -0.39 is 10.0 Å². The third-order valence-corrected chi connectivity index (χ3v) is 8.25. The van der Waals surface area contributed by atoms with Gasteiger partial charge in [0.25, 0.3) is 0 Å². The number of sulfonamides is 1. The third-order valence-electron chi connectivity index (χ3n) is 5.29. The Morgan fingerprint density at radius 2 is 1.84 bits per heavy atom. The molecule has 1 fully saturated rings. The lowest BCUT2D eigenvalue weighted by atomic mass is 9.97. The molecule has 0 atom stereocenters. The summed E-state index contributed by atoms with van der Waals surface area (Å²) < 4.78 is 32.4. The van der Waals surface area contributed by atoms with Gasteiger partial charge in [0.15, 0.2) is 0 Å². The average molecular weight is 497 g/mol. The van der Waals surface area contributed by atoms with Gasteiger partial charge in [-0.1, -0.05) is 53.5 Å². The second-order valence-corrected chi connectivity index (χ2v) is 10.8. The summed E-state index contributed by atoms with van der Waals surface area (Å²) in [4.78, 5) is 6.93. The van der Waals surface area contributed by atoms with E-state index in [1.165, 1.54) is 29.2 Å². The predicted molar refractivity (Wildman–Crippen MR) is 126 cm³/mol. The molecule has 164 valence electrons. The van der Waals surface area contributed by atoms with Crippen LogP contribution < -0.4 is 9.62 Å². The SMILES string of the molecule is O=S(=O)(NCC1CCN(c2nc(Cc3ccccc3)ns2)CC1)c1cc(Cl)ccc1Cl. The van der Waals surface area contributed by atoms with Crippen molar-refractivity contribution < 1.29 is 8.42 Å². The van der Waals surface area contributed by atoms with E-state index in [4.69, 9.17) is 28.2 Å². The van der Waals surface area contributed by atoms with Gasteiger partial charge in [0, 0.05) is 42.6 Å². The molecule has 0 spiro atoms. The van der Waals surface area contributed by atoms with Gasteiger partial charge in [0.1, 0.15) is 10.7 Å². The van der Waals surface area contributed by atoms with Crippen molar-refractivity contribution in [1.82, 2.24) is 14.1 Å². The zero-order valence-electron chi connectivity index (χ0n) is 16.7. The first-order valence-corrected chi connectivity index (χ1v) is 13.0. The lowest BCUT2D eigenvalue weighted by Gasteiger charge is -2.31. The molecule has 1 N–H and O–H groups in total. The van der Waals surface area contributed by atoms with E-state index in [9.17, 15) is 8.42 Å². The minimum Gasteiger partial charge on any atom is -0.347 e. The smallest absolute Gasteiger partial charge is 0.242 e. The molecule has 10 heteroatoms. The van der Waals surface area contributed by atoms with Crippen LogP contribution in [-0.4, -0.2) is 37.4 Å². The van der Waals surface area contributed by atoms with Crippen molar-refractivity contribution in [2.75, 3.05) is 24.5 Å². The zero-order valence-corrected chi connectivity index (χ0v) is 19.8. The number of rotatable bonds is 7. The Balaban J connectivity index is 1.30. The molecule has 2 aromatic carbocycles. The van der Waals surface area contributed by atoms with Gasteiger partial charge >= 0.3 is 0 Å². The number of aromatic nitrogens is 2. The first-order chi connectivity index (χ1) is 14.9. The van der Waals surface area contributed by atoms with Crippen LogP contribution in [0, 0.1) is 5.92 Å². The highest BCUT2D eigenvalue weighted by Gasteiger charge is 2.25. The van der Waals surface area contributed by atoms with Crippen LogP contribution in [0.3, 0.4) is 0 Å². The first kappa shape index (κ1) is 22.5. The molecule has 0 unspecified atom stereocenters. The maximum absolute atomic E-state index is 12.6. The molecule has 1 aliphatic heterocycles. The summed E-state index contributed by atoms with van der Waals surface area (Å²) in [5.74, 6) is 1.08. The largest absolute Gasteiger partial charge is 0.347 e. The van der Waals surface area contributed by atoms with E-state index in [-0.39, 0.29) is 15.8 Å². The highest BCUT2D eigenvalue weighted by atomic mass is 35.5. The van der Waals surface area contributed by atoms with Crippen LogP contribution in [0.4, 0.5) is 5.13 Å². The Bertz CT molecular complexity index is 1130. The summed E-state index contributed by atoms with van der Waals surface area (Å²) in [5.41, 5.74) is 1.19. The van der Waals surface area contributed by atoms with Crippen molar-refractivity contribution in [1.29, 1.82) is 0 Å². The van der Waals surface area contributed by atoms with Crippen LogP contribution in [0.2, 0.25) is 10.0 Å². The molecule has 1 aromatic heterocycles. The zero-order chi connectivity index (χ0) is 21.8. The van der Waals surface area contributed by atoms with E-state index in [1.807, 2.05) is 18.2 Å². The second-order valence-electron chi connectivity index (χ2n) is 7.51. The standard InChI is InChI=1S/C21H22Cl2N4O2S2/c22-17-6-7-18(23)19(13-17)31(28,29)24-14-16-8-10-27(11-9-16)21-25-20(26-30-21)12-15-4-2-1-3-5-15/h1-7,13,16,24H,8-12,14H2. The van der Waals surface area contributed by atoms with Crippen molar-refractivity contribution >= 4 is 49.9 Å². The van der Waals surface area contributed by atoms with Gasteiger partial charge in [-0.25, -0.2) is 18.1 Å². The van der Waals surface area contributed by atoms with Crippen molar-refractivity contribution in [3.63, 3.8) is 0 Å². The van der Waals surface area contributed by atoms with E-state index in [1.54, 1.807) is 6.07 Å². The summed E-state index contributed by atoms with van der Waals surface area (Å²) in [6.45, 7) is 2.02. The Kier molecular flexibility index (Phi) is 7.13. The summed E-state index contributed by atoms with van der Waals surface area (Å²) in [5, 5.41) is 1.42. The average Bonchev–Trinajstić information content (AvgIpc) is 3.23. The quantitative estimate of drug-likeness (QED) is 0.515. The van der Waals surface area contributed by atoms with Crippen LogP contribution >= 0.6 is 34.7 Å². The van der Waals surface area contributed by atoms with E-state index in [0.29, 0.717) is 11.6 Å². The number of nitrogens with zero attached hydrogens (tertiary/aromatic N) is 3. The summed E-state index contributed by atoms with van der Waals surface area (Å²) in [7, 11) is -3.71. The lowest BCUT2D eigenvalue weighted by molar-refractivity contribution is 0.401. The minimum absolute atomic E-state index is 0.0129. The monoisotopic (exact) mass is 496 g/mol. The maximum atomic E-state index is 12.6. The number of anilines is 1. The van der Waals surface area contributed by atoms with Gasteiger partial charge < -0.3 is 4.90 Å². The molecule has 1 aliphatic rings. The molecular weight excluding hydrogens is 475 g/mol. The molecule has 4 rings (SSSR count). The van der Waals surface area contributed by atoms with Crippen molar-refractivity contribution in [2.24, 2.45) is 5.92 Å². The fourth-order valence-corrected chi connectivity index (χ4v) is 6.15. The van der Waals surface area contributed by atoms with Crippen molar-refractivity contribution in [2.45, 2.75) is 24.2 Å². The van der Waals surface area contributed by atoms with Gasteiger partial charge in [-0.2, -0.15) is 4.37 Å². The van der Waals surface area contributed by atoms with Gasteiger partial charge in [-0.3, -0.25) is 0 Å². The molecule has 0 radical (unpaired) electrons. The second kappa shape index (κ2) is 9.83. The molecule has 0 saturated carbocycles. The first-order valence-electron chi connectivity index (χ1n) is 9.97. The molecule has 0 aliphatic carbocycles. The molecular formula is C21H22Cl2N4O2S2. The predicted octanol–water partition coefficient (Wildman–Crippen LogP) is 4.63. The summed E-state index contributed by atoms with van der Waals surface area (Å²) in [6.07, 6.45) is 2.47. The number of hydrogen-bond acceptors (Lipinski definition) is 6.